The van der Waals surface area contributed by atoms with Gasteiger partial charge in [-0.25, -0.2) is 0 Å². The maximum absolute atomic E-state index is 12.4. The van der Waals surface area contributed by atoms with Gasteiger partial charge in [-0.05, 0) is 38.2 Å². The number of benzene rings is 1. The molecule has 0 aliphatic carbocycles. The quantitative estimate of drug-likeness (QED) is 0.801. The normalized spacial score (nSPS) is 11.3. The first-order valence-corrected chi connectivity index (χ1v) is 7.13. The molecule has 1 aromatic heterocycles. The monoisotopic (exact) mass is 278 g/mol. The number of aromatic nitrogens is 2. The van der Waals surface area contributed by atoms with E-state index in [1.807, 2.05) is 24.3 Å². The smallest absolute Gasteiger partial charge is 0.262 e. The molecule has 0 spiro atoms. The van der Waals surface area contributed by atoms with E-state index in [9.17, 15) is 4.79 Å². The molecule has 0 radical (unpaired) electrons. The largest absolute Gasteiger partial charge is 0.334 e. The van der Waals surface area contributed by atoms with Gasteiger partial charge in [0.15, 0.2) is 4.77 Å². The van der Waals surface area contributed by atoms with Crippen molar-refractivity contribution in [3.05, 3.63) is 39.4 Å². The number of para-hydroxylation sites is 1. The third-order valence-electron chi connectivity index (χ3n) is 3.58. The van der Waals surface area contributed by atoms with Crippen LogP contribution in [0.25, 0.3) is 10.9 Å². The van der Waals surface area contributed by atoms with Gasteiger partial charge < -0.3 is 9.88 Å². The van der Waals surface area contributed by atoms with E-state index in [0.717, 1.165) is 25.2 Å². The zero-order valence-corrected chi connectivity index (χ0v) is 12.2. The van der Waals surface area contributed by atoms with Crippen molar-refractivity contribution >= 4 is 23.1 Å². The zero-order chi connectivity index (χ0) is 13.8. The lowest BCUT2D eigenvalue weighted by atomic mass is 10.2. The van der Waals surface area contributed by atoms with Crippen molar-refractivity contribution in [3.63, 3.8) is 0 Å². The van der Waals surface area contributed by atoms with Crippen LogP contribution >= 0.6 is 12.2 Å². The van der Waals surface area contributed by atoms with Gasteiger partial charge in [0.1, 0.15) is 0 Å². The Hall–Kier alpha value is -1.46. The van der Waals surface area contributed by atoms with Crippen LogP contribution in [0.1, 0.15) is 13.8 Å². The van der Waals surface area contributed by atoms with Gasteiger partial charge in [0.2, 0.25) is 0 Å². The molecule has 0 aliphatic rings. The Morgan fingerprint density at radius 2 is 1.95 bits per heavy atom. The molecule has 0 amide bonds. The molecule has 0 aliphatic heterocycles. The van der Waals surface area contributed by atoms with E-state index >= 15 is 0 Å². The molecule has 0 bridgehead atoms. The van der Waals surface area contributed by atoms with Crippen LogP contribution in [0, 0.1) is 4.77 Å². The maximum atomic E-state index is 12.4. The van der Waals surface area contributed by atoms with Crippen LogP contribution in [-0.4, -0.2) is 29.2 Å². The highest BCUT2D eigenvalue weighted by molar-refractivity contribution is 7.71. The lowest BCUT2D eigenvalue weighted by Crippen LogP contribution is -3.11. The maximum Gasteiger partial charge on any atom is 0.262 e. The Morgan fingerprint density at radius 1 is 1.26 bits per heavy atom. The predicted octanol–water partition coefficient (Wildman–Crippen LogP) is 0.984. The summed E-state index contributed by atoms with van der Waals surface area (Å²) in [6.07, 6.45) is 0. The van der Waals surface area contributed by atoms with Crippen molar-refractivity contribution in [2.24, 2.45) is 0 Å². The van der Waals surface area contributed by atoms with Crippen LogP contribution in [-0.2, 0) is 6.54 Å². The summed E-state index contributed by atoms with van der Waals surface area (Å²) in [5.74, 6) is 0. The van der Waals surface area contributed by atoms with Gasteiger partial charge in [0.05, 0.1) is 37.1 Å². The average Bonchev–Trinajstić information content (AvgIpc) is 2.43. The van der Waals surface area contributed by atoms with Crippen LogP contribution in [0.2, 0.25) is 0 Å². The van der Waals surface area contributed by atoms with Gasteiger partial charge >= 0.3 is 0 Å². The number of fused-ring (bicyclic) bond motifs is 1. The number of hydrogen-bond donors (Lipinski definition) is 2. The topological polar surface area (TPSA) is 42.2 Å². The second kappa shape index (κ2) is 6.12. The van der Waals surface area contributed by atoms with Crippen LogP contribution in [0.3, 0.4) is 0 Å². The van der Waals surface area contributed by atoms with Crippen LogP contribution < -0.4 is 10.5 Å². The first kappa shape index (κ1) is 14.0. The van der Waals surface area contributed by atoms with Crippen molar-refractivity contribution in [1.29, 1.82) is 0 Å². The molecule has 0 saturated carbocycles. The van der Waals surface area contributed by atoms with Crippen molar-refractivity contribution in [2.45, 2.75) is 20.4 Å². The summed E-state index contributed by atoms with van der Waals surface area (Å²) in [6.45, 7) is 8.02. The first-order chi connectivity index (χ1) is 9.17. The highest BCUT2D eigenvalue weighted by atomic mass is 32.1. The number of H-pyrrole nitrogens is 1. The van der Waals surface area contributed by atoms with Gasteiger partial charge in [-0.15, -0.1) is 0 Å². The summed E-state index contributed by atoms with van der Waals surface area (Å²) >= 11 is 5.29. The van der Waals surface area contributed by atoms with E-state index in [1.165, 1.54) is 4.90 Å². The van der Waals surface area contributed by atoms with Crippen molar-refractivity contribution in [3.8, 4) is 0 Å². The first-order valence-electron chi connectivity index (χ1n) is 6.72. The summed E-state index contributed by atoms with van der Waals surface area (Å²) in [6, 6.07) is 7.49. The molecule has 2 aromatic rings. The van der Waals surface area contributed by atoms with Crippen molar-refractivity contribution < 1.29 is 4.90 Å². The molecule has 4 nitrogen and oxygen atoms in total. The van der Waals surface area contributed by atoms with Gasteiger partial charge in [-0.2, -0.15) is 0 Å². The number of quaternary nitrogens is 1. The molecule has 102 valence electrons. The SMILES string of the molecule is CC[NH+](CC)CCn1c(=S)[nH]c2ccccc2c1=O. The van der Waals surface area contributed by atoms with E-state index in [2.05, 4.69) is 18.8 Å². The number of hydrogen-bond acceptors (Lipinski definition) is 2. The number of aromatic amines is 1. The molecule has 1 aromatic carbocycles. The van der Waals surface area contributed by atoms with Crippen LogP contribution in [0.15, 0.2) is 29.1 Å². The Morgan fingerprint density at radius 3 is 2.63 bits per heavy atom. The standard InChI is InChI=1S/C14H19N3OS/c1-3-16(4-2)9-10-17-13(18)11-7-5-6-8-12(11)15-14(17)19/h5-8H,3-4,9-10H2,1-2H3,(H,15,19)/p+1. The molecule has 2 rings (SSSR count). The Labute approximate surface area is 117 Å². The van der Waals surface area contributed by atoms with Crippen molar-refractivity contribution in [2.75, 3.05) is 19.6 Å². The molecule has 0 saturated heterocycles. The minimum atomic E-state index is 0.00547. The highest BCUT2D eigenvalue weighted by Gasteiger charge is 2.08. The molecule has 0 atom stereocenters. The van der Waals surface area contributed by atoms with Crippen molar-refractivity contribution in [1.82, 2.24) is 9.55 Å². The van der Waals surface area contributed by atoms with Gasteiger partial charge in [0, 0.05) is 0 Å². The number of nitrogens with zero attached hydrogens (tertiary/aromatic N) is 1. The van der Waals surface area contributed by atoms with E-state index in [-0.39, 0.29) is 5.56 Å². The van der Waals surface area contributed by atoms with Gasteiger partial charge in [0.25, 0.3) is 5.56 Å². The number of rotatable bonds is 5. The number of nitrogens with one attached hydrogen (secondary N) is 2. The summed E-state index contributed by atoms with van der Waals surface area (Å²) < 4.78 is 2.18. The molecule has 0 unspecified atom stereocenters. The number of likely N-dealkylation sites (N-methyl/N-ethyl adjacent to an activating group) is 1. The Balaban J connectivity index is 2.38. The second-order valence-electron chi connectivity index (χ2n) is 4.64. The molecule has 1 heterocycles. The van der Waals surface area contributed by atoms with Crippen LogP contribution in [0.4, 0.5) is 0 Å². The average molecular weight is 278 g/mol. The fraction of sp³-hybridized carbons (Fsp3) is 0.429. The molecule has 19 heavy (non-hydrogen) atoms. The Kier molecular flexibility index (Phi) is 4.50. The summed E-state index contributed by atoms with van der Waals surface area (Å²) in [7, 11) is 0. The molecule has 5 heteroatoms. The minimum absolute atomic E-state index is 0.00547. The fourth-order valence-electron chi connectivity index (χ4n) is 2.28. The molecular formula is C14H20N3OS+. The van der Waals surface area contributed by atoms with Gasteiger partial charge in [-0.1, -0.05) is 12.1 Å². The van der Waals surface area contributed by atoms with Crippen LogP contribution in [0.5, 0.6) is 0 Å². The summed E-state index contributed by atoms with van der Waals surface area (Å²) in [4.78, 5) is 17.0. The minimum Gasteiger partial charge on any atom is -0.334 e. The fourth-order valence-corrected chi connectivity index (χ4v) is 2.56. The third-order valence-corrected chi connectivity index (χ3v) is 3.90. The van der Waals surface area contributed by atoms with E-state index in [1.54, 1.807) is 4.57 Å². The highest BCUT2D eigenvalue weighted by Crippen LogP contribution is 2.05. The summed E-state index contributed by atoms with van der Waals surface area (Å²) in [5.41, 5.74) is 0.815. The van der Waals surface area contributed by atoms with E-state index < -0.39 is 0 Å². The Bertz CT molecular complexity index is 670. The predicted molar refractivity (Wildman–Crippen MR) is 80.3 cm³/mol. The third kappa shape index (κ3) is 2.93. The lowest BCUT2D eigenvalue weighted by molar-refractivity contribution is -0.897. The van der Waals surface area contributed by atoms with Gasteiger partial charge in [-0.3, -0.25) is 9.36 Å². The molecular weight excluding hydrogens is 258 g/mol. The molecule has 0 fully saturated rings. The zero-order valence-electron chi connectivity index (χ0n) is 11.4. The van der Waals surface area contributed by atoms with E-state index in [4.69, 9.17) is 12.2 Å². The lowest BCUT2D eigenvalue weighted by Gasteiger charge is -2.16. The summed E-state index contributed by atoms with van der Waals surface area (Å²) in [5, 5.41) is 0.700. The molecule has 2 N–H and O–H groups in total. The second-order valence-corrected chi connectivity index (χ2v) is 5.03. The van der Waals surface area contributed by atoms with E-state index in [0.29, 0.717) is 16.7 Å².